The molecular weight excluding hydrogens is 294 g/mol. The van der Waals surface area contributed by atoms with Crippen LogP contribution in [0, 0.1) is 5.92 Å². The van der Waals surface area contributed by atoms with Crippen LogP contribution in [0.4, 0.5) is 0 Å². The molecule has 2 fully saturated rings. The Morgan fingerprint density at radius 1 is 1.17 bits per heavy atom. The average Bonchev–Trinajstić information content (AvgIpc) is 3.02. The highest BCUT2D eigenvalue weighted by atomic mass is 16.5. The lowest BCUT2D eigenvalue weighted by Gasteiger charge is -2.35. The highest BCUT2D eigenvalue weighted by Gasteiger charge is 2.39. The number of aliphatic carboxylic acids is 1. The van der Waals surface area contributed by atoms with E-state index in [4.69, 9.17) is 9.84 Å². The lowest BCUT2D eigenvalue weighted by atomic mass is 9.88. The molecule has 124 valence electrons. The molecule has 1 N–H and O–H groups in total. The second kappa shape index (κ2) is 7.13. The zero-order chi connectivity index (χ0) is 16.2. The Kier molecular flexibility index (Phi) is 4.96. The fourth-order valence-electron chi connectivity index (χ4n) is 3.76. The van der Waals surface area contributed by atoms with E-state index in [2.05, 4.69) is 0 Å². The van der Waals surface area contributed by atoms with Gasteiger partial charge in [0.25, 0.3) is 0 Å². The Labute approximate surface area is 136 Å². The molecule has 5 heteroatoms. The number of rotatable bonds is 4. The molecule has 2 aliphatic rings. The van der Waals surface area contributed by atoms with Crippen molar-refractivity contribution in [3.8, 4) is 0 Å². The second-order valence-corrected chi connectivity index (χ2v) is 6.38. The highest BCUT2D eigenvalue weighted by Crippen LogP contribution is 2.36. The predicted octanol–water partition coefficient (Wildman–Crippen LogP) is 2.62. The summed E-state index contributed by atoms with van der Waals surface area (Å²) in [6.07, 6.45) is 3.15. The fraction of sp³-hybridized carbons (Fsp3) is 0.556. The van der Waals surface area contributed by atoms with E-state index in [0.717, 1.165) is 31.2 Å². The summed E-state index contributed by atoms with van der Waals surface area (Å²) >= 11 is 0. The first-order valence-corrected chi connectivity index (χ1v) is 8.35. The number of nitrogens with zero attached hydrogens (tertiary/aromatic N) is 1. The quantitative estimate of drug-likeness (QED) is 0.927. The average molecular weight is 317 g/mol. The molecule has 3 unspecified atom stereocenters. The number of carbonyl (C=O) groups is 2. The van der Waals surface area contributed by atoms with Crippen LogP contribution in [-0.4, -0.2) is 41.1 Å². The Morgan fingerprint density at radius 2 is 1.96 bits per heavy atom. The first-order valence-electron chi connectivity index (χ1n) is 8.35. The standard InChI is InChI=1S/C18H23NO4/c20-16(21)12-14-8-4-10-19(14)18(22)15-9-5-11-23-17(15)13-6-2-1-3-7-13/h1-3,6-7,14-15,17H,4-5,8-12H2,(H,20,21). The molecule has 5 nitrogen and oxygen atoms in total. The van der Waals surface area contributed by atoms with Crippen molar-refractivity contribution in [3.05, 3.63) is 35.9 Å². The van der Waals surface area contributed by atoms with Crippen LogP contribution in [-0.2, 0) is 14.3 Å². The van der Waals surface area contributed by atoms with E-state index >= 15 is 0 Å². The van der Waals surface area contributed by atoms with Gasteiger partial charge in [0.05, 0.1) is 18.4 Å². The van der Waals surface area contributed by atoms with Crippen LogP contribution in [0.25, 0.3) is 0 Å². The van der Waals surface area contributed by atoms with Crippen LogP contribution in [0.1, 0.15) is 43.8 Å². The van der Waals surface area contributed by atoms with E-state index < -0.39 is 5.97 Å². The van der Waals surface area contributed by atoms with Gasteiger partial charge in [0, 0.05) is 19.2 Å². The maximum Gasteiger partial charge on any atom is 0.305 e. The SMILES string of the molecule is O=C(O)CC1CCCN1C(=O)C1CCCOC1c1ccccc1. The number of hydrogen-bond donors (Lipinski definition) is 1. The summed E-state index contributed by atoms with van der Waals surface area (Å²) in [5, 5.41) is 9.05. The number of ether oxygens (including phenoxy) is 1. The molecule has 1 amide bonds. The van der Waals surface area contributed by atoms with E-state index in [1.165, 1.54) is 0 Å². The molecule has 3 rings (SSSR count). The van der Waals surface area contributed by atoms with Gasteiger partial charge in [-0.25, -0.2) is 0 Å². The van der Waals surface area contributed by atoms with Crippen LogP contribution in [0.5, 0.6) is 0 Å². The number of carboxylic acid groups (broad SMARTS) is 1. The molecule has 2 heterocycles. The fourth-order valence-corrected chi connectivity index (χ4v) is 3.76. The molecule has 2 aliphatic heterocycles. The minimum Gasteiger partial charge on any atom is -0.481 e. The largest absolute Gasteiger partial charge is 0.481 e. The molecule has 0 radical (unpaired) electrons. The van der Waals surface area contributed by atoms with Gasteiger partial charge in [-0.2, -0.15) is 0 Å². The summed E-state index contributed by atoms with van der Waals surface area (Å²) in [6, 6.07) is 9.69. The van der Waals surface area contributed by atoms with E-state index in [1.54, 1.807) is 4.90 Å². The van der Waals surface area contributed by atoms with Gasteiger partial charge in [0.2, 0.25) is 5.91 Å². The molecule has 0 saturated carbocycles. The minimum absolute atomic E-state index is 0.0370. The van der Waals surface area contributed by atoms with Crippen LogP contribution in [0.3, 0.4) is 0 Å². The third kappa shape index (κ3) is 3.55. The first kappa shape index (κ1) is 16.0. The Morgan fingerprint density at radius 3 is 2.70 bits per heavy atom. The third-order valence-electron chi connectivity index (χ3n) is 4.84. The van der Waals surface area contributed by atoms with E-state index in [0.29, 0.717) is 13.2 Å². The summed E-state index contributed by atoms with van der Waals surface area (Å²) in [7, 11) is 0. The molecule has 3 atom stereocenters. The van der Waals surface area contributed by atoms with Gasteiger partial charge in [-0.05, 0) is 31.2 Å². The smallest absolute Gasteiger partial charge is 0.305 e. The minimum atomic E-state index is -0.839. The molecule has 0 aliphatic carbocycles. The molecule has 0 aromatic heterocycles. The van der Waals surface area contributed by atoms with Crippen molar-refractivity contribution in [2.24, 2.45) is 5.92 Å². The van der Waals surface area contributed by atoms with E-state index in [9.17, 15) is 9.59 Å². The lowest BCUT2D eigenvalue weighted by Crippen LogP contribution is -2.44. The van der Waals surface area contributed by atoms with Crippen molar-refractivity contribution in [2.75, 3.05) is 13.2 Å². The van der Waals surface area contributed by atoms with Crippen molar-refractivity contribution in [1.82, 2.24) is 4.90 Å². The molecule has 0 bridgehead atoms. The highest BCUT2D eigenvalue weighted by molar-refractivity contribution is 5.81. The lowest BCUT2D eigenvalue weighted by molar-refractivity contribution is -0.148. The molecule has 1 aromatic carbocycles. The number of carbonyl (C=O) groups excluding carboxylic acids is 1. The molecule has 23 heavy (non-hydrogen) atoms. The van der Waals surface area contributed by atoms with Gasteiger partial charge < -0.3 is 14.7 Å². The second-order valence-electron chi connectivity index (χ2n) is 6.38. The summed E-state index contributed by atoms with van der Waals surface area (Å²) in [5.41, 5.74) is 1.03. The zero-order valence-electron chi connectivity index (χ0n) is 13.2. The van der Waals surface area contributed by atoms with Crippen LogP contribution < -0.4 is 0 Å². The van der Waals surface area contributed by atoms with Crippen LogP contribution in [0.2, 0.25) is 0 Å². The van der Waals surface area contributed by atoms with Crippen molar-refractivity contribution >= 4 is 11.9 Å². The van der Waals surface area contributed by atoms with Crippen molar-refractivity contribution in [2.45, 2.75) is 44.2 Å². The number of likely N-dealkylation sites (tertiary alicyclic amines) is 1. The molecule has 0 spiro atoms. The van der Waals surface area contributed by atoms with Crippen molar-refractivity contribution in [1.29, 1.82) is 0 Å². The Balaban J connectivity index is 1.77. The van der Waals surface area contributed by atoms with Gasteiger partial charge in [0.15, 0.2) is 0 Å². The maximum atomic E-state index is 13.0. The van der Waals surface area contributed by atoms with Gasteiger partial charge >= 0.3 is 5.97 Å². The number of benzene rings is 1. The number of carboxylic acids is 1. The van der Waals surface area contributed by atoms with Gasteiger partial charge in [-0.1, -0.05) is 30.3 Å². The normalized spacial score (nSPS) is 27.8. The number of amides is 1. The van der Waals surface area contributed by atoms with Crippen LogP contribution in [0.15, 0.2) is 30.3 Å². The summed E-state index contributed by atoms with van der Waals surface area (Å²) in [5.74, 6) is -0.989. The third-order valence-corrected chi connectivity index (χ3v) is 4.84. The number of hydrogen-bond acceptors (Lipinski definition) is 3. The Bertz CT molecular complexity index is 559. The zero-order valence-corrected chi connectivity index (χ0v) is 13.2. The van der Waals surface area contributed by atoms with Crippen molar-refractivity contribution < 1.29 is 19.4 Å². The van der Waals surface area contributed by atoms with Crippen molar-refractivity contribution in [3.63, 3.8) is 0 Å². The monoisotopic (exact) mass is 317 g/mol. The topological polar surface area (TPSA) is 66.8 Å². The van der Waals surface area contributed by atoms with E-state index in [-0.39, 0.29) is 30.4 Å². The van der Waals surface area contributed by atoms with E-state index in [1.807, 2.05) is 30.3 Å². The summed E-state index contributed by atoms with van der Waals surface area (Å²) < 4.78 is 5.91. The first-order chi connectivity index (χ1) is 11.2. The van der Waals surface area contributed by atoms with Gasteiger partial charge in [-0.3, -0.25) is 9.59 Å². The summed E-state index contributed by atoms with van der Waals surface area (Å²) in [6.45, 7) is 1.33. The molecule has 2 saturated heterocycles. The Hall–Kier alpha value is -1.88. The maximum absolute atomic E-state index is 13.0. The van der Waals surface area contributed by atoms with Gasteiger partial charge in [-0.15, -0.1) is 0 Å². The van der Waals surface area contributed by atoms with Crippen LogP contribution >= 0.6 is 0 Å². The molecular formula is C18H23NO4. The van der Waals surface area contributed by atoms with Gasteiger partial charge in [0.1, 0.15) is 0 Å². The summed E-state index contributed by atoms with van der Waals surface area (Å²) in [4.78, 5) is 25.8. The predicted molar refractivity (Wildman–Crippen MR) is 84.8 cm³/mol. The molecule has 1 aromatic rings.